The number of hydrogen-bond donors (Lipinski definition) is 1. The summed E-state index contributed by atoms with van der Waals surface area (Å²) >= 11 is 0. The molecule has 0 radical (unpaired) electrons. The number of likely N-dealkylation sites (tertiary alicyclic amines) is 1. The van der Waals surface area contributed by atoms with Crippen molar-refractivity contribution < 1.29 is 14.1 Å². The third kappa shape index (κ3) is 4.67. The van der Waals surface area contributed by atoms with E-state index in [4.69, 9.17) is 4.52 Å². The predicted octanol–water partition coefficient (Wildman–Crippen LogP) is 4.39. The molecule has 33 heavy (non-hydrogen) atoms. The summed E-state index contributed by atoms with van der Waals surface area (Å²) in [6.07, 6.45) is 0.211. The monoisotopic (exact) mass is 438 g/mol. The van der Waals surface area contributed by atoms with E-state index in [-0.39, 0.29) is 18.2 Å². The van der Waals surface area contributed by atoms with Crippen LogP contribution in [0.4, 0.5) is 5.69 Å². The smallest absolute Gasteiger partial charge is 0.258 e. The highest BCUT2D eigenvalue weighted by molar-refractivity contribution is 5.97. The van der Waals surface area contributed by atoms with Gasteiger partial charge >= 0.3 is 0 Å². The molecule has 7 nitrogen and oxygen atoms in total. The third-order valence-corrected chi connectivity index (χ3v) is 5.64. The summed E-state index contributed by atoms with van der Waals surface area (Å²) in [7, 11) is 0. The normalized spacial score (nSPS) is 15.6. The molecule has 2 heterocycles. The molecule has 0 saturated carbocycles. The van der Waals surface area contributed by atoms with Crippen LogP contribution in [0.25, 0.3) is 22.8 Å². The third-order valence-electron chi connectivity index (χ3n) is 5.64. The highest BCUT2D eigenvalue weighted by atomic mass is 16.5. The molecule has 2 amide bonds. The van der Waals surface area contributed by atoms with Gasteiger partial charge in [-0.2, -0.15) is 4.98 Å². The number of anilines is 1. The fraction of sp³-hybridized carbons (Fsp3) is 0.154. The summed E-state index contributed by atoms with van der Waals surface area (Å²) in [6, 6.07) is 26.6. The lowest BCUT2D eigenvalue weighted by atomic mass is 10.1. The Balaban J connectivity index is 1.25. The van der Waals surface area contributed by atoms with Crippen molar-refractivity contribution in [2.75, 3.05) is 11.9 Å². The number of carbonyl (C=O) groups is 2. The first-order chi connectivity index (χ1) is 16.2. The zero-order chi connectivity index (χ0) is 22.6. The van der Waals surface area contributed by atoms with Crippen molar-refractivity contribution in [2.45, 2.75) is 13.0 Å². The van der Waals surface area contributed by atoms with Crippen LogP contribution in [-0.4, -0.2) is 33.4 Å². The second-order valence-electron chi connectivity index (χ2n) is 8.02. The average molecular weight is 438 g/mol. The van der Waals surface area contributed by atoms with E-state index in [9.17, 15) is 9.59 Å². The van der Waals surface area contributed by atoms with Crippen LogP contribution in [0.1, 0.15) is 12.0 Å². The molecule has 1 aliphatic rings. The molecule has 4 aromatic rings. The number of amides is 2. The minimum absolute atomic E-state index is 0.00736. The Bertz CT molecular complexity index is 1270. The van der Waals surface area contributed by atoms with E-state index in [1.807, 2.05) is 72.8 Å². The molecule has 0 unspecified atom stereocenters. The SMILES string of the molecule is O=C(Nc1cccc(-c2nc(-c3ccccc3)no2)c1)[C@H]1CC(=O)N(Cc2ccccc2)C1. The van der Waals surface area contributed by atoms with Crippen molar-refractivity contribution >= 4 is 17.5 Å². The number of hydrogen-bond acceptors (Lipinski definition) is 5. The van der Waals surface area contributed by atoms with Gasteiger partial charge in [0.25, 0.3) is 5.89 Å². The lowest BCUT2D eigenvalue weighted by Gasteiger charge is -2.16. The minimum Gasteiger partial charge on any atom is -0.338 e. The van der Waals surface area contributed by atoms with E-state index in [1.54, 1.807) is 17.0 Å². The van der Waals surface area contributed by atoms with Crippen LogP contribution in [0.2, 0.25) is 0 Å². The van der Waals surface area contributed by atoms with Gasteiger partial charge < -0.3 is 14.7 Å². The van der Waals surface area contributed by atoms with Crippen molar-refractivity contribution in [2.24, 2.45) is 5.92 Å². The molecular weight excluding hydrogens is 416 g/mol. The number of nitrogens with zero attached hydrogens (tertiary/aromatic N) is 3. The van der Waals surface area contributed by atoms with E-state index in [0.29, 0.717) is 36.1 Å². The summed E-state index contributed by atoms with van der Waals surface area (Å²) in [5.74, 6) is 0.301. The zero-order valence-electron chi connectivity index (χ0n) is 17.8. The van der Waals surface area contributed by atoms with Crippen LogP contribution < -0.4 is 5.32 Å². The van der Waals surface area contributed by atoms with Crippen molar-refractivity contribution in [1.29, 1.82) is 0 Å². The largest absolute Gasteiger partial charge is 0.338 e. The van der Waals surface area contributed by atoms with Crippen LogP contribution in [0.3, 0.4) is 0 Å². The van der Waals surface area contributed by atoms with Crippen LogP contribution in [0.5, 0.6) is 0 Å². The van der Waals surface area contributed by atoms with Gasteiger partial charge in [-0.15, -0.1) is 0 Å². The second kappa shape index (κ2) is 9.08. The summed E-state index contributed by atoms with van der Waals surface area (Å²) < 4.78 is 5.42. The van der Waals surface area contributed by atoms with E-state index in [1.165, 1.54) is 0 Å². The van der Waals surface area contributed by atoms with Crippen molar-refractivity contribution in [3.8, 4) is 22.8 Å². The van der Waals surface area contributed by atoms with E-state index < -0.39 is 5.92 Å². The van der Waals surface area contributed by atoms with Gasteiger partial charge in [0.2, 0.25) is 17.6 Å². The topological polar surface area (TPSA) is 88.3 Å². The van der Waals surface area contributed by atoms with E-state index in [0.717, 1.165) is 11.1 Å². The number of nitrogens with one attached hydrogen (secondary N) is 1. The molecule has 1 aliphatic heterocycles. The molecule has 0 bridgehead atoms. The Hall–Kier alpha value is -4.26. The van der Waals surface area contributed by atoms with Gasteiger partial charge in [-0.05, 0) is 23.8 Å². The van der Waals surface area contributed by atoms with Gasteiger partial charge in [0, 0.05) is 36.3 Å². The summed E-state index contributed by atoms with van der Waals surface area (Å²) in [5.41, 5.74) is 3.23. The number of aromatic nitrogens is 2. The number of rotatable bonds is 6. The molecule has 0 spiro atoms. The van der Waals surface area contributed by atoms with Crippen molar-refractivity contribution in [3.63, 3.8) is 0 Å². The Morgan fingerprint density at radius 3 is 2.48 bits per heavy atom. The standard InChI is InChI=1S/C26H22N4O3/c31-23-15-21(17-30(23)16-18-8-3-1-4-9-18)25(32)27-22-13-7-12-20(14-22)26-28-24(29-33-26)19-10-5-2-6-11-19/h1-14,21H,15-17H2,(H,27,32)/t21-/m0/s1. The van der Waals surface area contributed by atoms with Crippen LogP contribution in [-0.2, 0) is 16.1 Å². The molecule has 7 heteroatoms. The Kier molecular flexibility index (Phi) is 5.68. The van der Waals surface area contributed by atoms with Gasteiger partial charge in [-0.25, -0.2) is 0 Å². The maximum absolute atomic E-state index is 12.9. The molecule has 1 saturated heterocycles. The first kappa shape index (κ1) is 20.6. The maximum Gasteiger partial charge on any atom is 0.258 e. The highest BCUT2D eigenvalue weighted by Gasteiger charge is 2.34. The molecule has 0 aliphatic carbocycles. The van der Waals surface area contributed by atoms with Crippen LogP contribution >= 0.6 is 0 Å². The quantitative estimate of drug-likeness (QED) is 0.482. The minimum atomic E-state index is -0.391. The summed E-state index contributed by atoms with van der Waals surface area (Å²) in [5, 5.41) is 6.98. The fourth-order valence-electron chi connectivity index (χ4n) is 3.92. The van der Waals surface area contributed by atoms with Gasteiger partial charge in [-0.3, -0.25) is 9.59 Å². The van der Waals surface area contributed by atoms with Gasteiger partial charge in [0.05, 0.1) is 5.92 Å². The first-order valence-electron chi connectivity index (χ1n) is 10.8. The Morgan fingerprint density at radius 2 is 1.70 bits per heavy atom. The lowest BCUT2D eigenvalue weighted by molar-refractivity contribution is -0.128. The molecule has 5 rings (SSSR count). The van der Waals surface area contributed by atoms with Crippen molar-refractivity contribution in [3.05, 3.63) is 90.5 Å². The van der Waals surface area contributed by atoms with E-state index >= 15 is 0 Å². The van der Waals surface area contributed by atoms with Crippen LogP contribution in [0.15, 0.2) is 89.5 Å². The van der Waals surface area contributed by atoms with E-state index in [2.05, 4.69) is 15.5 Å². The van der Waals surface area contributed by atoms with Crippen LogP contribution in [0, 0.1) is 5.92 Å². The Morgan fingerprint density at radius 1 is 0.970 bits per heavy atom. The molecule has 1 fully saturated rings. The molecular formula is C26H22N4O3. The molecule has 1 atom stereocenters. The van der Waals surface area contributed by atoms with Gasteiger partial charge in [-0.1, -0.05) is 71.9 Å². The number of benzene rings is 3. The second-order valence-corrected chi connectivity index (χ2v) is 8.02. The van der Waals surface area contributed by atoms with Gasteiger partial charge in [0.15, 0.2) is 0 Å². The molecule has 3 aromatic carbocycles. The number of carbonyl (C=O) groups excluding carboxylic acids is 2. The Labute approximate surface area is 191 Å². The average Bonchev–Trinajstić information content (AvgIpc) is 3.48. The zero-order valence-corrected chi connectivity index (χ0v) is 17.8. The molecule has 1 aromatic heterocycles. The highest BCUT2D eigenvalue weighted by Crippen LogP contribution is 2.26. The molecule has 164 valence electrons. The van der Waals surface area contributed by atoms with Gasteiger partial charge in [0.1, 0.15) is 0 Å². The summed E-state index contributed by atoms with van der Waals surface area (Å²) in [4.78, 5) is 31.5. The molecule has 1 N–H and O–H groups in total. The lowest BCUT2D eigenvalue weighted by Crippen LogP contribution is -2.28. The summed E-state index contributed by atoms with van der Waals surface area (Å²) in [6.45, 7) is 0.920. The fourth-order valence-corrected chi connectivity index (χ4v) is 3.92. The van der Waals surface area contributed by atoms with Crippen molar-refractivity contribution in [1.82, 2.24) is 15.0 Å². The maximum atomic E-state index is 12.9. The predicted molar refractivity (Wildman–Crippen MR) is 124 cm³/mol. The first-order valence-corrected chi connectivity index (χ1v) is 10.8.